The topological polar surface area (TPSA) is 60.5 Å². The molecule has 150 valence electrons. The highest BCUT2D eigenvalue weighted by atomic mass is 35.5. The van der Waals surface area contributed by atoms with Crippen LogP contribution in [-0.4, -0.2) is 23.5 Å². The first-order chi connectivity index (χ1) is 13.4. The van der Waals surface area contributed by atoms with Gasteiger partial charge in [-0.05, 0) is 38.0 Å². The second kappa shape index (κ2) is 10.8. The fraction of sp³-hybridized carbons (Fsp3) is 0.364. The molecule has 0 saturated carbocycles. The Hall–Kier alpha value is -2.37. The SMILES string of the molecule is C/C(Cl)=C/CNC(C(=O)OC(C)c1cccc(Oc2ccccc2)n1)C(C)C. The number of hydrogen-bond acceptors (Lipinski definition) is 5. The number of nitrogens with one attached hydrogen (secondary N) is 1. The maximum Gasteiger partial charge on any atom is 0.324 e. The number of nitrogens with zero attached hydrogens (tertiary/aromatic N) is 1. The lowest BCUT2D eigenvalue weighted by molar-refractivity contribution is -0.152. The van der Waals surface area contributed by atoms with Gasteiger partial charge < -0.3 is 14.8 Å². The summed E-state index contributed by atoms with van der Waals surface area (Å²) in [5, 5.41) is 3.85. The number of halogens is 1. The fourth-order valence-corrected chi connectivity index (χ4v) is 2.63. The summed E-state index contributed by atoms with van der Waals surface area (Å²) in [6.07, 6.45) is 1.32. The highest BCUT2D eigenvalue weighted by molar-refractivity contribution is 6.29. The van der Waals surface area contributed by atoms with Crippen molar-refractivity contribution in [1.29, 1.82) is 0 Å². The first-order valence-corrected chi connectivity index (χ1v) is 9.70. The van der Waals surface area contributed by atoms with Crippen LogP contribution in [0.25, 0.3) is 0 Å². The molecule has 0 aliphatic carbocycles. The van der Waals surface area contributed by atoms with Gasteiger partial charge in [-0.25, -0.2) is 4.98 Å². The zero-order valence-corrected chi connectivity index (χ0v) is 17.4. The average molecular weight is 403 g/mol. The van der Waals surface area contributed by atoms with E-state index in [1.165, 1.54) is 0 Å². The number of carbonyl (C=O) groups is 1. The highest BCUT2D eigenvalue weighted by Gasteiger charge is 2.25. The largest absolute Gasteiger partial charge is 0.455 e. The molecule has 1 aromatic carbocycles. The fourth-order valence-electron chi connectivity index (χ4n) is 2.55. The Kier molecular flexibility index (Phi) is 8.48. The lowest BCUT2D eigenvalue weighted by Crippen LogP contribution is -2.42. The summed E-state index contributed by atoms with van der Waals surface area (Å²) >= 11 is 5.84. The maximum atomic E-state index is 12.6. The Morgan fingerprint density at radius 1 is 1.14 bits per heavy atom. The molecule has 1 N–H and O–H groups in total. The van der Waals surface area contributed by atoms with Crippen LogP contribution in [0.4, 0.5) is 0 Å². The molecule has 5 nitrogen and oxygen atoms in total. The van der Waals surface area contributed by atoms with Gasteiger partial charge in [0.15, 0.2) is 0 Å². The van der Waals surface area contributed by atoms with E-state index in [0.717, 1.165) is 0 Å². The highest BCUT2D eigenvalue weighted by Crippen LogP contribution is 2.23. The summed E-state index contributed by atoms with van der Waals surface area (Å²) < 4.78 is 11.4. The number of esters is 1. The predicted molar refractivity (Wildman–Crippen MR) is 111 cm³/mol. The molecule has 0 radical (unpaired) electrons. The van der Waals surface area contributed by atoms with Crippen molar-refractivity contribution < 1.29 is 14.3 Å². The lowest BCUT2D eigenvalue weighted by Gasteiger charge is -2.22. The van der Waals surface area contributed by atoms with Gasteiger partial charge in [-0.1, -0.05) is 55.8 Å². The molecule has 28 heavy (non-hydrogen) atoms. The third kappa shape index (κ3) is 6.98. The number of carbonyl (C=O) groups excluding carboxylic acids is 1. The molecule has 2 aromatic rings. The first kappa shape index (κ1) is 21.9. The molecule has 0 fully saturated rings. The van der Waals surface area contributed by atoms with Crippen molar-refractivity contribution in [3.8, 4) is 11.6 Å². The van der Waals surface area contributed by atoms with Crippen LogP contribution < -0.4 is 10.1 Å². The third-order valence-electron chi connectivity index (χ3n) is 4.06. The van der Waals surface area contributed by atoms with E-state index in [1.807, 2.05) is 62.4 Å². The van der Waals surface area contributed by atoms with E-state index >= 15 is 0 Å². The van der Waals surface area contributed by atoms with Crippen LogP contribution in [-0.2, 0) is 9.53 Å². The Balaban J connectivity index is 2.02. The van der Waals surface area contributed by atoms with Crippen molar-refractivity contribution in [2.75, 3.05) is 6.54 Å². The van der Waals surface area contributed by atoms with E-state index in [9.17, 15) is 4.79 Å². The predicted octanol–water partition coefficient (Wildman–Crippen LogP) is 5.23. The molecule has 2 atom stereocenters. The van der Waals surface area contributed by atoms with Gasteiger partial charge in [-0.15, -0.1) is 0 Å². The van der Waals surface area contributed by atoms with Crippen molar-refractivity contribution in [3.05, 3.63) is 65.3 Å². The first-order valence-electron chi connectivity index (χ1n) is 9.32. The van der Waals surface area contributed by atoms with Gasteiger partial charge in [0.2, 0.25) is 5.88 Å². The number of pyridine rings is 1. The van der Waals surface area contributed by atoms with Crippen LogP contribution in [0.3, 0.4) is 0 Å². The van der Waals surface area contributed by atoms with Gasteiger partial charge in [0, 0.05) is 17.6 Å². The normalized spacial score (nSPS) is 13.9. The molecule has 0 bridgehead atoms. The molecule has 0 amide bonds. The quantitative estimate of drug-likeness (QED) is 0.581. The molecule has 1 aromatic heterocycles. The smallest absolute Gasteiger partial charge is 0.324 e. The van der Waals surface area contributed by atoms with E-state index in [1.54, 1.807) is 19.9 Å². The molecule has 0 aliphatic heterocycles. The number of rotatable bonds is 9. The summed E-state index contributed by atoms with van der Waals surface area (Å²) in [5.41, 5.74) is 0.626. The zero-order valence-electron chi connectivity index (χ0n) is 16.7. The summed E-state index contributed by atoms with van der Waals surface area (Å²) in [7, 11) is 0. The molecule has 6 heteroatoms. The molecule has 0 spiro atoms. The van der Waals surface area contributed by atoms with E-state index in [0.29, 0.717) is 28.9 Å². The van der Waals surface area contributed by atoms with Gasteiger partial charge in [0.25, 0.3) is 0 Å². The maximum absolute atomic E-state index is 12.6. The summed E-state index contributed by atoms with van der Waals surface area (Å²) in [4.78, 5) is 17.1. The minimum absolute atomic E-state index is 0.0736. The van der Waals surface area contributed by atoms with Crippen LogP contribution in [0.15, 0.2) is 59.6 Å². The zero-order chi connectivity index (χ0) is 20.5. The molecule has 1 heterocycles. The second-order valence-corrected chi connectivity index (χ2v) is 7.41. The van der Waals surface area contributed by atoms with Gasteiger partial charge >= 0.3 is 5.97 Å². The van der Waals surface area contributed by atoms with E-state index in [-0.39, 0.29) is 11.9 Å². The number of para-hydroxylation sites is 1. The summed E-state index contributed by atoms with van der Waals surface area (Å²) in [5.74, 6) is 0.903. The van der Waals surface area contributed by atoms with Gasteiger partial charge in [0.1, 0.15) is 17.9 Å². The number of hydrogen-bond donors (Lipinski definition) is 1. The van der Waals surface area contributed by atoms with Crippen LogP contribution >= 0.6 is 11.6 Å². The van der Waals surface area contributed by atoms with Gasteiger partial charge in [-0.3, -0.25) is 4.79 Å². The number of benzene rings is 1. The number of allylic oxidation sites excluding steroid dienone is 1. The second-order valence-electron chi connectivity index (χ2n) is 6.82. The van der Waals surface area contributed by atoms with Crippen molar-refractivity contribution in [1.82, 2.24) is 10.3 Å². The summed E-state index contributed by atoms with van der Waals surface area (Å²) in [6.45, 7) is 8.03. The van der Waals surface area contributed by atoms with Gasteiger partial charge in [0.05, 0.1) is 5.69 Å². The van der Waals surface area contributed by atoms with Crippen LogP contribution in [0.2, 0.25) is 0 Å². The molecule has 0 saturated heterocycles. The van der Waals surface area contributed by atoms with E-state index in [2.05, 4.69) is 10.3 Å². The van der Waals surface area contributed by atoms with Crippen molar-refractivity contribution >= 4 is 17.6 Å². The summed E-state index contributed by atoms with van der Waals surface area (Å²) in [6, 6.07) is 14.4. The molecular formula is C22H27ClN2O3. The third-order valence-corrected chi connectivity index (χ3v) is 4.22. The molecule has 2 rings (SSSR count). The van der Waals surface area contributed by atoms with E-state index in [4.69, 9.17) is 21.1 Å². The minimum atomic E-state index is -0.500. The molecule has 2 unspecified atom stereocenters. The lowest BCUT2D eigenvalue weighted by atomic mass is 10.0. The van der Waals surface area contributed by atoms with E-state index < -0.39 is 12.1 Å². The average Bonchev–Trinajstić information content (AvgIpc) is 2.65. The van der Waals surface area contributed by atoms with Gasteiger partial charge in [-0.2, -0.15) is 0 Å². The molecular weight excluding hydrogens is 376 g/mol. The monoisotopic (exact) mass is 402 g/mol. The number of ether oxygens (including phenoxy) is 2. The standard InChI is InChI=1S/C22H27ClN2O3/c1-15(2)21(24-14-13-16(3)23)22(26)27-17(4)19-11-8-12-20(25-19)28-18-9-6-5-7-10-18/h5-13,15,17,21,24H,14H2,1-4H3/b16-13-. The van der Waals surface area contributed by atoms with Crippen LogP contribution in [0.1, 0.15) is 39.5 Å². The Labute approximate surface area is 171 Å². The minimum Gasteiger partial charge on any atom is -0.455 e. The van der Waals surface area contributed by atoms with Crippen molar-refractivity contribution in [3.63, 3.8) is 0 Å². The Morgan fingerprint density at radius 3 is 2.50 bits per heavy atom. The van der Waals surface area contributed by atoms with Crippen LogP contribution in [0.5, 0.6) is 11.6 Å². The molecule has 0 aliphatic rings. The van der Waals surface area contributed by atoms with Crippen molar-refractivity contribution in [2.45, 2.75) is 39.8 Å². The van der Waals surface area contributed by atoms with Crippen molar-refractivity contribution in [2.24, 2.45) is 5.92 Å². The Morgan fingerprint density at radius 2 is 1.86 bits per heavy atom. The number of aromatic nitrogens is 1. The Bertz CT molecular complexity index is 789. The van der Waals surface area contributed by atoms with Crippen LogP contribution in [0, 0.1) is 5.92 Å².